The molecule has 1 fully saturated rings. The van der Waals surface area contributed by atoms with Gasteiger partial charge in [-0.05, 0) is 43.3 Å². The van der Waals surface area contributed by atoms with E-state index in [2.05, 4.69) is 5.32 Å². The zero-order valence-electron chi connectivity index (χ0n) is 14.1. The summed E-state index contributed by atoms with van der Waals surface area (Å²) in [5.74, 6) is -0.627. The second-order valence-corrected chi connectivity index (χ2v) is 7.00. The first-order chi connectivity index (χ1) is 12.5. The topological polar surface area (TPSA) is 90.3 Å². The monoisotopic (exact) mass is 367 g/mol. The Morgan fingerprint density at radius 3 is 2.38 bits per heavy atom. The van der Waals surface area contributed by atoms with Crippen molar-refractivity contribution in [2.75, 3.05) is 10.2 Å². The Kier molecular flexibility index (Phi) is 5.18. The largest absolute Gasteiger partial charge is 0.326 e. The Bertz CT molecular complexity index is 865. The number of hydrogen-bond donors (Lipinski definition) is 2. The third kappa shape index (κ3) is 3.83. The van der Waals surface area contributed by atoms with Crippen molar-refractivity contribution in [3.05, 3.63) is 60.2 Å². The Balaban J connectivity index is 1.63. The number of benzene rings is 2. The molecule has 0 saturated carbocycles. The Labute approximate surface area is 155 Å². The van der Waals surface area contributed by atoms with E-state index in [1.165, 1.54) is 11.8 Å². The summed E-state index contributed by atoms with van der Waals surface area (Å²) in [6.07, 6.45) is -0.0241. The summed E-state index contributed by atoms with van der Waals surface area (Å²) in [7, 11) is 0. The van der Waals surface area contributed by atoms with Crippen molar-refractivity contribution in [2.45, 2.75) is 18.6 Å². The molecule has 7 heteroatoms. The third-order valence-electron chi connectivity index (χ3n) is 3.91. The van der Waals surface area contributed by atoms with Crippen LogP contribution >= 0.6 is 11.8 Å². The summed E-state index contributed by atoms with van der Waals surface area (Å²) in [6.45, 7) is 1.48. The summed E-state index contributed by atoms with van der Waals surface area (Å²) < 4.78 is 0. The molecule has 1 atom stereocenters. The van der Waals surface area contributed by atoms with Gasteiger partial charge < -0.3 is 5.32 Å². The number of carbonyl (C=O) groups is 3. The highest BCUT2D eigenvalue weighted by Crippen LogP contribution is 2.32. The fourth-order valence-corrected chi connectivity index (χ4v) is 3.61. The average molecular weight is 367 g/mol. The lowest BCUT2D eigenvalue weighted by Gasteiger charge is -2.15. The van der Waals surface area contributed by atoms with Crippen LogP contribution in [0.1, 0.15) is 23.7 Å². The van der Waals surface area contributed by atoms with Crippen LogP contribution in [0.2, 0.25) is 0 Å². The van der Waals surface area contributed by atoms with Gasteiger partial charge in [-0.3, -0.25) is 24.7 Å². The van der Waals surface area contributed by atoms with Gasteiger partial charge in [-0.1, -0.05) is 30.0 Å². The van der Waals surface area contributed by atoms with Crippen molar-refractivity contribution in [1.82, 2.24) is 0 Å². The first-order valence-corrected chi connectivity index (χ1v) is 8.89. The second kappa shape index (κ2) is 7.53. The van der Waals surface area contributed by atoms with Gasteiger partial charge in [0, 0.05) is 17.7 Å². The number of nitrogens with zero attached hydrogens (tertiary/aromatic N) is 1. The molecule has 0 bridgehead atoms. The van der Waals surface area contributed by atoms with Crippen molar-refractivity contribution in [3.8, 4) is 0 Å². The molecule has 1 heterocycles. The molecule has 132 valence electrons. The maximum absolute atomic E-state index is 12.6. The first kappa shape index (κ1) is 17.9. The van der Waals surface area contributed by atoms with Crippen LogP contribution < -0.4 is 10.2 Å². The molecule has 26 heavy (non-hydrogen) atoms. The molecular formula is C19H17N3O3S. The Hall–Kier alpha value is -2.93. The quantitative estimate of drug-likeness (QED) is 0.794. The molecule has 1 saturated heterocycles. The number of carbonyl (C=O) groups excluding carboxylic acids is 3. The fourth-order valence-electron chi connectivity index (χ4n) is 2.60. The van der Waals surface area contributed by atoms with Gasteiger partial charge in [0.1, 0.15) is 5.25 Å². The molecule has 3 rings (SSSR count). The van der Waals surface area contributed by atoms with Crippen LogP contribution in [0.25, 0.3) is 0 Å². The summed E-state index contributed by atoms with van der Waals surface area (Å²) >= 11 is 1.08. The maximum Gasteiger partial charge on any atom is 0.247 e. The van der Waals surface area contributed by atoms with Gasteiger partial charge in [0.2, 0.25) is 11.8 Å². The van der Waals surface area contributed by atoms with Crippen molar-refractivity contribution in [3.63, 3.8) is 0 Å². The third-order valence-corrected chi connectivity index (χ3v) is 4.97. The number of ketones is 1. The number of Topliss-reactive ketones (excluding diaryl/α,β-unsaturated/α-hetero) is 1. The molecular weight excluding hydrogens is 350 g/mol. The van der Waals surface area contributed by atoms with Crippen LogP contribution in [0.4, 0.5) is 11.4 Å². The fraction of sp³-hybridized carbons (Fsp3) is 0.158. The highest BCUT2D eigenvalue weighted by molar-refractivity contribution is 8.16. The smallest absolute Gasteiger partial charge is 0.247 e. The van der Waals surface area contributed by atoms with Crippen LogP contribution in [0.5, 0.6) is 0 Å². The van der Waals surface area contributed by atoms with Gasteiger partial charge in [0.05, 0.1) is 5.69 Å². The summed E-state index contributed by atoms with van der Waals surface area (Å²) in [4.78, 5) is 37.4. The molecule has 1 aliphatic rings. The summed E-state index contributed by atoms with van der Waals surface area (Å²) in [5, 5.41) is 10.2. The Morgan fingerprint density at radius 2 is 1.77 bits per heavy atom. The minimum absolute atomic E-state index is 0.0241. The predicted molar refractivity (Wildman–Crippen MR) is 103 cm³/mol. The summed E-state index contributed by atoms with van der Waals surface area (Å²) in [6, 6.07) is 15.5. The van der Waals surface area contributed by atoms with Gasteiger partial charge in [0.25, 0.3) is 0 Å². The lowest BCUT2D eigenvalue weighted by molar-refractivity contribution is -0.121. The van der Waals surface area contributed by atoms with E-state index in [0.29, 0.717) is 16.9 Å². The highest BCUT2D eigenvalue weighted by atomic mass is 32.2. The molecule has 0 aromatic heterocycles. The first-order valence-electron chi connectivity index (χ1n) is 8.01. The number of amidine groups is 1. The summed E-state index contributed by atoms with van der Waals surface area (Å²) in [5.41, 5.74) is 1.75. The predicted octanol–water partition coefficient (Wildman–Crippen LogP) is 3.30. The van der Waals surface area contributed by atoms with E-state index in [1.807, 2.05) is 6.07 Å². The van der Waals surface area contributed by atoms with Crippen LogP contribution in [0.3, 0.4) is 0 Å². The van der Waals surface area contributed by atoms with Crippen LogP contribution in [-0.2, 0) is 9.59 Å². The number of para-hydroxylation sites is 1. The van der Waals surface area contributed by atoms with Crippen molar-refractivity contribution < 1.29 is 14.4 Å². The number of anilines is 2. The standard InChI is InChI=1S/C19H17N3O3S/c1-12(23)13-7-9-14(10-8-13)21-17(24)11-16-18(25)22(19(20)26-16)15-5-3-2-4-6-15/h2-10,16,20H,11H2,1H3,(H,21,24). The normalized spacial score (nSPS) is 16.7. The number of rotatable bonds is 5. The molecule has 6 nitrogen and oxygen atoms in total. The minimum atomic E-state index is -0.626. The molecule has 2 aromatic rings. The van der Waals surface area contributed by atoms with Gasteiger partial charge in [-0.25, -0.2) is 0 Å². The van der Waals surface area contributed by atoms with E-state index in [1.54, 1.807) is 48.5 Å². The van der Waals surface area contributed by atoms with Crippen LogP contribution in [-0.4, -0.2) is 28.0 Å². The van der Waals surface area contributed by atoms with Crippen LogP contribution in [0, 0.1) is 5.41 Å². The number of amides is 2. The zero-order valence-corrected chi connectivity index (χ0v) is 14.9. The van der Waals surface area contributed by atoms with Crippen molar-refractivity contribution in [2.24, 2.45) is 0 Å². The lowest BCUT2D eigenvalue weighted by atomic mass is 10.1. The van der Waals surface area contributed by atoms with E-state index in [-0.39, 0.29) is 29.2 Å². The molecule has 0 radical (unpaired) electrons. The van der Waals surface area contributed by atoms with Gasteiger partial charge in [0.15, 0.2) is 11.0 Å². The van der Waals surface area contributed by atoms with E-state index in [9.17, 15) is 14.4 Å². The van der Waals surface area contributed by atoms with Crippen molar-refractivity contribution in [1.29, 1.82) is 5.41 Å². The van der Waals surface area contributed by atoms with Crippen LogP contribution in [0.15, 0.2) is 54.6 Å². The molecule has 1 unspecified atom stereocenters. The van der Waals surface area contributed by atoms with Gasteiger partial charge in [-0.2, -0.15) is 0 Å². The van der Waals surface area contributed by atoms with E-state index in [0.717, 1.165) is 11.8 Å². The van der Waals surface area contributed by atoms with Crippen molar-refractivity contribution >= 4 is 45.9 Å². The van der Waals surface area contributed by atoms with E-state index < -0.39 is 5.25 Å². The molecule has 2 amide bonds. The zero-order chi connectivity index (χ0) is 18.7. The highest BCUT2D eigenvalue weighted by Gasteiger charge is 2.39. The van der Waals surface area contributed by atoms with E-state index in [4.69, 9.17) is 5.41 Å². The van der Waals surface area contributed by atoms with Gasteiger partial charge >= 0.3 is 0 Å². The van der Waals surface area contributed by atoms with E-state index >= 15 is 0 Å². The molecule has 0 spiro atoms. The molecule has 2 N–H and O–H groups in total. The number of hydrogen-bond acceptors (Lipinski definition) is 5. The molecule has 0 aliphatic carbocycles. The molecule has 2 aromatic carbocycles. The second-order valence-electron chi connectivity index (χ2n) is 5.81. The average Bonchev–Trinajstić information content (AvgIpc) is 2.89. The SMILES string of the molecule is CC(=O)c1ccc(NC(=O)CC2SC(=N)N(c3ccccc3)C2=O)cc1. The van der Waals surface area contributed by atoms with Gasteiger partial charge in [-0.15, -0.1) is 0 Å². The lowest BCUT2D eigenvalue weighted by Crippen LogP contribution is -2.33. The number of thioether (sulfide) groups is 1. The minimum Gasteiger partial charge on any atom is -0.326 e. The molecule has 1 aliphatic heterocycles. The maximum atomic E-state index is 12.6. The number of nitrogens with one attached hydrogen (secondary N) is 2. The Morgan fingerprint density at radius 1 is 1.12 bits per heavy atom.